The molecule has 0 spiro atoms. The molecule has 2 aliphatic rings. The van der Waals surface area contributed by atoms with Crippen LogP contribution < -0.4 is 0 Å². The number of benzene rings is 2. The zero-order chi connectivity index (χ0) is 25.8. The average molecular weight is 625 g/mol. The van der Waals surface area contributed by atoms with Crippen molar-refractivity contribution in [2.24, 2.45) is 0 Å². The summed E-state index contributed by atoms with van der Waals surface area (Å²) in [5, 5.41) is 0.122. The van der Waals surface area contributed by atoms with Gasteiger partial charge in [-0.15, -0.1) is 0 Å². The lowest BCUT2D eigenvalue weighted by molar-refractivity contribution is -0.247. The Morgan fingerprint density at radius 2 is 1.42 bits per heavy atom. The molecule has 2 saturated heterocycles. The first kappa shape index (κ1) is 28.2. The predicted octanol–water partition coefficient (Wildman–Crippen LogP) is 6.54. The van der Waals surface area contributed by atoms with Crippen LogP contribution in [0.2, 0.25) is 18.1 Å². The number of alkyl halides is 1. The number of hydrogen-bond donors (Lipinski definition) is 0. The molecular weight excluding hydrogens is 583 g/mol. The Hall–Kier alpha value is -0.813. The standard InChI is InChI=1S/C29H41IO5Si/c1-29(2,3)36(4,5)33-20-25-26(31-18-21-12-8-6-9-13-21)28(32-19-22-14-10-7-11-15-22)27-24(35-25)16-23(17-30)34-27/h6-15,23-28H,16-20H2,1-5H3/t23?,24-,25-,26-,27+,28+/m1/s1. The first-order valence-electron chi connectivity index (χ1n) is 13.0. The minimum Gasteiger partial charge on any atom is -0.414 e. The molecule has 7 heteroatoms. The molecule has 0 N–H and O–H groups in total. The Balaban J connectivity index is 1.58. The van der Waals surface area contributed by atoms with Crippen LogP contribution in [0.1, 0.15) is 38.3 Å². The summed E-state index contributed by atoms with van der Waals surface area (Å²) in [6, 6.07) is 20.6. The van der Waals surface area contributed by atoms with Crippen LogP contribution >= 0.6 is 22.6 Å². The van der Waals surface area contributed by atoms with E-state index in [1.807, 2.05) is 36.4 Å². The molecule has 0 aromatic heterocycles. The van der Waals surface area contributed by atoms with E-state index < -0.39 is 8.32 Å². The van der Waals surface area contributed by atoms with E-state index in [4.69, 9.17) is 23.4 Å². The molecule has 2 fully saturated rings. The molecule has 5 nitrogen and oxygen atoms in total. The Morgan fingerprint density at radius 1 is 0.861 bits per heavy atom. The fraction of sp³-hybridized carbons (Fsp3) is 0.586. The Bertz CT molecular complexity index is 936. The number of fused-ring (bicyclic) bond motifs is 1. The normalized spacial score (nSPS) is 28.7. The van der Waals surface area contributed by atoms with Crippen LogP contribution in [-0.4, -0.2) is 56.0 Å². The van der Waals surface area contributed by atoms with Crippen LogP contribution in [0, 0.1) is 0 Å². The molecule has 1 unspecified atom stereocenters. The van der Waals surface area contributed by atoms with E-state index >= 15 is 0 Å². The largest absolute Gasteiger partial charge is 0.414 e. The third kappa shape index (κ3) is 6.98. The SMILES string of the molecule is CC(C)(C)[Si](C)(C)OC[C@H]1O[C@@H]2CC(CI)O[C@@H]2[C@@H](OCc2ccccc2)[C@@H]1OCc1ccccc1. The van der Waals surface area contributed by atoms with E-state index in [2.05, 4.69) is 80.7 Å². The van der Waals surface area contributed by atoms with E-state index in [1.165, 1.54) is 0 Å². The van der Waals surface area contributed by atoms with Crippen LogP contribution in [0.25, 0.3) is 0 Å². The molecule has 0 bridgehead atoms. The molecule has 0 saturated carbocycles. The quantitative estimate of drug-likeness (QED) is 0.171. The van der Waals surface area contributed by atoms with Crippen LogP contribution in [0.15, 0.2) is 60.7 Å². The molecule has 0 radical (unpaired) electrons. The zero-order valence-electron chi connectivity index (χ0n) is 22.2. The van der Waals surface area contributed by atoms with Crippen LogP contribution in [-0.2, 0) is 36.6 Å². The summed E-state index contributed by atoms with van der Waals surface area (Å²) in [6.45, 7) is 12.9. The summed E-state index contributed by atoms with van der Waals surface area (Å²) >= 11 is 2.40. The van der Waals surface area contributed by atoms with Crippen LogP contribution in [0.5, 0.6) is 0 Å². The van der Waals surface area contributed by atoms with Gasteiger partial charge in [-0.1, -0.05) is 104 Å². The highest BCUT2D eigenvalue weighted by molar-refractivity contribution is 14.1. The Kier molecular flexibility index (Phi) is 9.68. The summed E-state index contributed by atoms with van der Waals surface area (Å²) in [4.78, 5) is 0. The minimum absolute atomic E-state index is 0.0184. The van der Waals surface area contributed by atoms with E-state index in [-0.39, 0.29) is 41.7 Å². The van der Waals surface area contributed by atoms with Gasteiger partial charge in [-0.05, 0) is 29.3 Å². The summed E-state index contributed by atoms with van der Waals surface area (Å²) in [7, 11) is -1.96. The van der Waals surface area contributed by atoms with Gasteiger partial charge in [0.15, 0.2) is 8.32 Å². The second-order valence-corrected chi connectivity index (χ2v) is 17.1. The molecule has 2 aromatic rings. The predicted molar refractivity (Wildman–Crippen MR) is 154 cm³/mol. The Labute approximate surface area is 231 Å². The van der Waals surface area contributed by atoms with E-state index in [1.54, 1.807) is 0 Å². The maximum absolute atomic E-state index is 6.70. The molecule has 6 atom stereocenters. The third-order valence-electron chi connectivity index (χ3n) is 7.73. The molecule has 2 aliphatic heterocycles. The lowest BCUT2D eigenvalue weighted by atomic mass is 9.94. The number of halogens is 1. The molecule has 36 heavy (non-hydrogen) atoms. The summed E-state index contributed by atoms with van der Waals surface area (Å²) in [6.07, 6.45) is 0.107. The van der Waals surface area contributed by atoms with Crippen LogP contribution in [0.4, 0.5) is 0 Å². The number of rotatable bonds is 10. The first-order chi connectivity index (χ1) is 17.2. The maximum Gasteiger partial charge on any atom is 0.192 e. The fourth-order valence-electron chi connectivity index (χ4n) is 4.55. The lowest BCUT2D eigenvalue weighted by Gasteiger charge is -2.45. The van der Waals surface area contributed by atoms with Gasteiger partial charge in [0.25, 0.3) is 0 Å². The van der Waals surface area contributed by atoms with Crippen molar-refractivity contribution in [1.82, 2.24) is 0 Å². The van der Waals surface area contributed by atoms with E-state index in [0.29, 0.717) is 19.8 Å². The van der Waals surface area contributed by atoms with Crippen molar-refractivity contribution in [3.63, 3.8) is 0 Å². The van der Waals surface area contributed by atoms with Gasteiger partial charge in [-0.3, -0.25) is 0 Å². The van der Waals surface area contributed by atoms with Gasteiger partial charge < -0.3 is 23.4 Å². The van der Waals surface area contributed by atoms with Gasteiger partial charge in [-0.2, -0.15) is 0 Å². The van der Waals surface area contributed by atoms with Crippen molar-refractivity contribution >= 4 is 30.9 Å². The monoisotopic (exact) mass is 624 g/mol. The average Bonchev–Trinajstić information content (AvgIpc) is 3.28. The molecule has 0 amide bonds. The highest BCUT2D eigenvalue weighted by atomic mass is 127. The maximum atomic E-state index is 6.70. The fourth-order valence-corrected chi connectivity index (χ4v) is 6.13. The van der Waals surface area contributed by atoms with Crippen molar-refractivity contribution in [2.75, 3.05) is 11.0 Å². The van der Waals surface area contributed by atoms with Gasteiger partial charge in [0.05, 0.1) is 32.0 Å². The number of ether oxygens (including phenoxy) is 4. The van der Waals surface area contributed by atoms with Gasteiger partial charge in [0.1, 0.15) is 24.4 Å². The number of hydrogen-bond acceptors (Lipinski definition) is 5. The molecule has 198 valence electrons. The first-order valence-corrected chi connectivity index (χ1v) is 17.4. The van der Waals surface area contributed by atoms with E-state index in [0.717, 1.165) is 22.0 Å². The van der Waals surface area contributed by atoms with E-state index in [9.17, 15) is 0 Å². The smallest absolute Gasteiger partial charge is 0.192 e. The van der Waals surface area contributed by atoms with Gasteiger partial charge in [0, 0.05) is 10.8 Å². The van der Waals surface area contributed by atoms with Crippen LogP contribution in [0.3, 0.4) is 0 Å². The van der Waals surface area contributed by atoms with Crippen molar-refractivity contribution in [3.8, 4) is 0 Å². The molecule has 0 aliphatic carbocycles. The highest BCUT2D eigenvalue weighted by Gasteiger charge is 2.53. The lowest BCUT2D eigenvalue weighted by Crippen LogP contribution is -2.60. The van der Waals surface area contributed by atoms with Gasteiger partial charge in [0.2, 0.25) is 0 Å². The van der Waals surface area contributed by atoms with Crippen molar-refractivity contribution in [1.29, 1.82) is 0 Å². The summed E-state index contributed by atoms with van der Waals surface area (Å²) in [5.41, 5.74) is 2.27. The van der Waals surface area contributed by atoms with Crippen molar-refractivity contribution in [2.45, 2.75) is 95.2 Å². The van der Waals surface area contributed by atoms with Crippen molar-refractivity contribution < 1.29 is 23.4 Å². The second kappa shape index (κ2) is 12.4. The van der Waals surface area contributed by atoms with Crippen molar-refractivity contribution in [3.05, 3.63) is 71.8 Å². The summed E-state index contributed by atoms with van der Waals surface area (Å²) in [5.74, 6) is 0. The third-order valence-corrected chi connectivity index (χ3v) is 13.2. The molecule has 2 heterocycles. The van der Waals surface area contributed by atoms with Gasteiger partial charge in [-0.25, -0.2) is 0 Å². The molecule has 2 aromatic carbocycles. The topological polar surface area (TPSA) is 46.2 Å². The zero-order valence-corrected chi connectivity index (χ0v) is 25.3. The Morgan fingerprint density at radius 3 is 1.94 bits per heavy atom. The summed E-state index contributed by atoms with van der Waals surface area (Å²) < 4.78 is 34.0. The molecule has 4 rings (SSSR count). The highest BCUT2D eigenvalue weighted by Crippen LogP contribution is 2.40. The minimum atomic E-state index is -1.96. The van der Waals surface area contributed by atoms with Gasteiger partial charge >= 0.3 is 0 Å². The second-order valence-electron chi connectivity index (χ2n) is 11.4. The molecular formula is C29H41IO5Si.